The van der Waals surface area contributed by atoms with Crippen LogP contribution in [0.2, 0.25) is 0 Å². The number of methoxy groups -OCH3 is 1. The number of nitrogens with zero attached hydrogens (tertiary/aromatic N) is 2. The van der Waals surface area contributed by atoms with Crippen LogP contribution in [0.3, 0.4) is 0 Å². The minimum Gasteiger partial charge on any atom is -0.495 e. The van der Waals surface area contributed by atoms with Crippen LogP contribution in [0, 0.1) is 0 Å². The topological polar surface area (TPSA) is 47.3 Å². The fourth-order valence-electron chi connectivity index (χ4n) is 1.38. The number of aliphatic hydroxyl groups excluding tert-OH is 1. The molecule has 1 aromatic heterocycles. The molecule has 0 saturated carbocycles. The monoisotopic (exact) mass is 282 g/mol. The molecule has 2 aromatic rings. The largest absolute Gasteiger partial charge is 0.495 e. The van der Waals surface area contributed by atoms with Gasteiger partial charge in [0.2, 0.25) is 0 Å². The van der Waals surface area contributed by atoms with Gasteiger partial charge in [-0.3, -0.25) is 0 Å². The summed E-state index contributed by atoms with van der Waals surface area (Å²) in [6.45, 7) is -0.0549. The van der Waals surface area contributed by atoms with Crippen LogP contribution in [0.4, 0.5) is 0 Å². The van der Waals surface area contributed by atoms with Crippen LogP contribution in [0.5, 0.6) is 5.75 Å². The SMILES string of the molecule is COc1cc(-n2ccc(CO)n2)ccc1Br. The van der Waals surface area contributed by atoms with E-state index in [1.54, 1.807) is 24.1 Å². The highest BCUT2D eigenvalue weighted by molar-refractivity contribution is 9.10. The molecule has 0 bridgehead atoms. The lowest BCUT2D eigenvalue weighted by atomic mass is 10.3. The summed E-state index contributed by atoms with van der Waals surface area (Å²) in [5.41, 5.74) is 1.53. The first-order valence-electron chi connectivity index (χ1n) is 4.74. The maximum Gasteiger partial charge on any atom is 0.135 e. The zero-order valence-corrected chi connectivity index (χ0v) is 10.3. The molecule has 0 radical (unpaired) electrons. The van der Waals surface area contributed by atoms with Gasteiger partial charge in [-0.15, -0.1) is 0 Å². The average Bonchev–Trinajstić information content (AvgIpc) is 2.78. The zero-order chi connectivity index (χ0) is 11.5. The Kier molecular flexibility index (Phi) is 3.26. The molecule has 0 aliphatic heterocycles. The van der Waals surface area contributed by atoms with Crippen molar-refractivity contribution in [3.63, 3.8) is 0 Å². The minimum absolute atomic E-state index is 0.0549. The maximum absolute atomic E-state index is 8.93. The van der Waals surface area contributed by atoms with Crippen LogP contribution in [0.1, 0.15) is 5.69 Å². The lowest BCUT2D eigenvalue weighted by Crippen LogP contribution is -1.97. The highest BCUT2D eigenvalue weighted by atomic mass is 79.9. The summed E-state index contributed by atoms with van der Waals surface area (Å²) in [6, 6.07) is 7.46. The minimum atomic E-state index is -0.0549. The van der Waals surface area contributed by atoms with Gasteiger partial charge >= 0.3 is 0 Å². The number of hydrogen-bond acceptors (Lipinski definition) is 3. The third-order valence-corrected chi connectivity index (χ3v) is 2.86. The van der Waals surface area contributed by atoms with Crippen molar-refractivity contribution in [2.45, 2.75) is 6.61 Å². The molecule has 1 heterocycles. The Hall–Kier alpha value is -1.33. The second kappa shape index (κ2) is 4.67. The summed E-state index contributed by atoms with van der Waals surface area (Å²) in [5, 5.41) is 13.1. The Morgan fingerprint density at radius 3 is 2.88 bits per heavy atom. The van der Waals surface area contributed by atoms with E-state index in [4.69, 9.17) is 9.84 Å². The van der Waals surface area contributed by atoms with Gasteiger partial charge in [0, 0.05) is 12.3 Å². The summed E-state index contributed by atoms with van der Waals surface area (Å²) in [4.78, 5) is 0. The molecule has 2 rings (SSSR count). The quantitative estimate of drug-likeness (QED) is 0.938. The molecular formula is C11H11BrN2O2. The maximum atomic E-state index is 8.93. The predicted octanol–water partition coefficient (Wildman–Crippen LogP) is 2.14. The van der Waals surface area contributed by atoms with Gasteiger partial charge in [0.25, 0.3) is 0 Å². The van der Waals surface area contributed by atoms with Crippen molar-refractivity contribution in [2.75, 3.05) is 7.11 Å². The summed E-state index contributed by atoms with van der Waals surface area (Å²) in [7, 11) is 1.62. The number of aliphatic hydroxyl groups is 1. The first kappa shape index (κ1) is 11.2. The van der Waals surface area contributed by atoms with E-state index in [9.17, 15) is 0 Å². The van der Waals surface area contributed by atoms with Gasteiger partial charge < -0.3 is 9.84 Å². The molecule has 4 nitrogen and oxygen atoms in total. The first-order valence-corrected chi connectivity index (χ1v) is 5.53. The van der Waals surface area contributed by atoms with Gasteiger partial charge in [-0.25, -0.2) is 4.68 Å². The number of halogens is 1. The van der Waals surface area contributed by atoms with Crippen molar-refractivity contribution in [3.8, 4) is 11.4 Å². The number of rotatable bonds is 3. The fourth-order valence-corrected chi connectivity index (χ4v) is 1.79. The molecule has 1 aromatic carbocycles. The molecule has 1 N–H and O–H groups in total. The molecule has 0 fully saturated rings. The van der Waals surface area contributed by atoms with E-state index < -0.39 is 0 Å². The third-order valence-electron chi connectivity index (χ3n) is 2.21. The predicted molar refractivity (Wildman–Crippen MR) is 63.7 cm³/mol. The van der Waals surface area contributed by atoms with E-state index in [1.807, 2.05) is 18.2 Å². The van der Waals surface area contributed by atoms with Gasteiger partial charge in [-0.05, 0) is 34.1 Å². The van der Waals surface area contributed by atoms with Crippen molar-refractivity contribution in [3.05, 3.63) is 40.6 Å². The van der Waals surface area contributed by atoms with Crippen LogP contribution in [-0.4, -0.2) is 22.0 Å². The standard InChI is InChI=1S/C11H11BrN2O2/c1-16-11-6-9(2-3-10(11)12)14-5-4-8(7-15)13-14/h2-6,15H,7H2,1H3. The molecule has 84 valence electrons. The summed E-state index contributed by atoms with van der Waals surface area (Å²) in [6.07, 6.45) is 1.80. The lowest BCUT2D eigenvalue weighted by molar-refractivity contribution is 0.276. The summed E-state index contributed by atoms with van der Waals surface area (Å²) >= 11 is 3.39. The molecule has 16 heavy (non-hydrogen) atoms. The second-order valence-electron chi connectivity index (χ2n) is 3.23. The van der Waals surface area contributed by atoms with Gasteiger partial charge in [0.05, 0.1) is 29.6 Å². The van der Waals surface area contributed by atoms with Gasteiger partial charge in [0.1, 0.15) is 5.75 Å². The summed E-state index contributed by atoms with van der Waals surface area (Å²) in [5.74, 6) is 0.749. The van der Waals surface area contributed by atoms with Gasteiger partial charge in [0.15, 0.2) is 0 Å². The Morgan fingerprint density at radius 1 is 1.44 bits per heavy atom. The van der Waals surface area contributed by atoms with E-state index in [0.717, 1.165) is 15.9 Å². The van der Waals surface area contributed by atoms with E-state index in [0.29, 0.717) is 5.69 Å². The molecule has 0 amide bonds. The molecular weight excluding hydrogens is 272 g/mol. The van der Waals surface area contributed by atoms with Crippen molar-refractivity contribution in [2.24, 2.45) is 0 Å². The van der Waals surface area contributed by atoms with E-state index in [-0.39, 0.29) is 6.61 Å². The average molecular weight is 283 g/mol. The van der Waals surface area contributed by atoms with Crippen molar-refractivity contribution >= 4 is 15.9 Å². The Balaban J connectivity index is 2.40. The smallest absolute Gasteiger partial charge is 0.135 e. The Bertz CT molecular complexity index is 496. The molecule has 0 aliphatic carbocycles. The molecule has 5 heteroatoms. The highest BCUT2D eigenvalue weighted by Gasteiger charge is 2.04. The lowest BCUT2D eigenvalue weighted by Gasteiger charge is -2.06. The third kappa shape index (κ3) is 2.10. The molecule has 0 saturated heterocycles. The normalized spacial score (nSPS) is 10.4. The first-order chi connectivity index (χ1) is 7.74. The van der Waals surface area contributed by atoms with Crippen LogP contribution >= 0.6 is 15.9 Å². The Morgan fingerprint density at radius 2 is 2.25 bits per heavy atom. The van der Waals surface area contributed by atoms with Crippen LogP contribution < -0.4 is 4.74 Å². The van der Waals surface area contributed by atoms with Gasteiger partial charge in [-0.2, -0.15) is 5.10 Å². The number of hydrogen-bond donors (Lipinski definition) is 1. The summed E-state index contributed by atoms with van der Waals surface area (Å²) < 4.78 is 7.79. The van der Waals surface area contributed by atoms with Crippen LogP contribution in [0.15, 0.2) is 34.9 Å². The fraction of sp³-hybridized carbons (Fsp3) is 0.182. The van der Waals surface area contributed by atoms with E-state index >= 15 is 0 Å². The number of aromatic nitrogens is 2. The van der Waals surface area contributed by atoms with E-state index in [1.165, 1.54) is 0 Å². The molecule has 0 aliphatic rings. The number of ether oxygens (including phenoxy) is 1. The van der Waals surface area contributed by atoms with Crippen LogP contribution in [0.25, 0.3) is 5.69 Å². The van der Waals surface area contributed by atoms with Gasteiger partial charge in [-0.1, -0.05) is 0 Å². The molecule has 0 unspecified atom stereocenters. The van der Waals surface area contributed by atoms with Crippen molar-refractivity contribution < 1.29 is 9.84 Å². The van der Waals surface area contributed by atoms with Crippen LogP contribution in [-0.2, 0) is 6.61 Å². The Labute approximate surface area is 102 Å². The molecule has 0 atom stereocenters. The number of benzene rings is 1. The van der Waals surface area contributed by atoms with E-state index in [2.05, 4.69) is 21.0 Å². The highest BCUT2D eigenvalue weighted by Crippen LogP contribution is 2.26. The molecule has 0 spiro atoms. The van der Waals surface area contributed by atoms with Crippen molar-refractivity contribution in [1.82, 2.24) is 9.78 Å². The second-order valence-corrected chi connectivity index (χ2v) is 4.08. The van der Waals surface area contributed by atoms with Crippen molar-refractivity contribution in [1.29, 1.82) is 0 Å². The zero-order valence-electron chi connectivity index (χ0n) is 8.72.